The van der Waals surface area contributed by atoms with Crippen molar-refractivity contribution in [3.8, 4) is 0 Å². The Kier molecular flexibility index (Phi) is 29.0. The van der Waals surface area contributed by atoms with E-state index in [0.717, 1.165) is 64.2 Å². The zero-order valence-corrected chi connectivity index (χ0v) is 25.5. The number of hydrogen-bond acceptors (Lipinski definition) is 4. The minimum Gasteiger partial charge on any atom is -0.687 e. The largest absolute Gasteiger partial charge is 2.00 e. The van der Waals surface area contributed by atoms with Crippen molar-refractivity contribution in [1.29, 1.82) is 0 Å². The van der Waals surface area contributed by atoms with Crippen molar-refractivity contribution < 1.29 is 18.9 Å². The van der Waals surface area contributed by atoms with Crippen molar-refractivity contribution in [2.45, 2.75) is 51.4 Å². The first kappa shape index (κ1) is 36.1. The molecule has 4 aliphatic rings. The molecule has 0 bridgehead atoms. The van der Waals surface area contributed by atoms with Gasteiger partial charge in [0.25, 0.3) is 0 Å². The summed E-state index contributed by atoms with van der Waals surface area (Å²) < 4.78 is 19.8. The Balaban J connectivity index is 0.000000424. The topological polar surface area (TPSA) is 65.1 Å². The summed E-state index contributed by atoms with van der Waals surface area (Å²) in [6, 6.07) is 19.7. The van der Waals surface area contributed by atoms with Crippen LogP contribution in [0, 0.1) is 0 Å². The molecule has 4 saturated heterocycles. The van der Waals surface area contributed by atoms with Gasteiger partial charge in [0.15, 0.2) is 0 Å². The van der Waals surface area contributed by atoms with Crippen LogP contribution in [0.4, 0.5) is 11.4 Å². The average Bonchev–Trinajstić information content (AvgIpc) is 3.81. The van der Waals surface area contributed by atoms with E-state index in [2.05, 4.69) is 10.6 Å². The zero-order valence-electron chi connectivity index (χ0n) is 23.3. The van der Waals surface area contributed by atoms with Gasteiger partial charge in [0.05, 0.1) is 0 Å². The molecule has 0 aliphatic carbocycles. The third-order valence-electron chi connectivity index (χ3n) is 5.34. The summed E-state index contributed by atoms with van der Waals surface area (Å²) in [4.78, 5) is 0. The van der Waals surface area contributed by atoms with Crippen LogP contribution in [0.25, 0.3) is 10.6 Å². The SMILES string of the molecule is C1CCOC1.C1CCOC1.C1CCOC1.C1CCOC1.C[N-]c1ccccc1.C[N-]c1ccccc1.[Ca+2]. The number of rotatable bonds is 2. The molecule has 0 N–H and O–H groups in total. The summed E-state index contributed by atoms with van der Waals surface area (Å²) in [5.41, 5.74) is 2.07. The molecule has 4 heterocycles. The van der Waals surface area contributed by atoms with Crippen molar-refractivity contribution >= 4 is 49.1 Å². The molecule has 4 aliphatic heterocycles. The van der Waals surface area contributed by atoms with E-state index in [9.17, 15) is 0 Å². The molecule has 204 valence electrons. The zero-order chi connectivity index (χ0) is 25.8. The first-order chi connectivity index (χ1) is 17.9. The smallest absolute Gasteiger partial charge is 0.687 e. The normalized spacial score (nSPS) is 16.7. The molecule has 0 aromatic heterocycles. The second-order valence-corrected chi connectivity index (χ2v) is 8.40. The molecule has 4 fully saturated rings. The van der Waals surface area contributed by atoms with Gasteiger partial charge in [-0.25, -0.2) is 0 Å². The predicted molar refractivity (Wildman–Crippen MR) is 157 cm³/mol. The van der Waals surface area contributed by atoms with Gasteiger partial charge in [0.1, 0.15) is 0 Å². The van der Waals surface area contributed by atoms with Gasteiger partial charge in [-0.05, 0) is 51.4 Å². The standard InChI is InChI=1S/2C7H8N.4C4H8O.Ca/c2*1-8-7-5-3-2-4-6-7;4*1-2-4-5-3-1;/h2*2-6H,1H3;4*1-4H2;/q2*-1;;;;;+2. The summed E-state index contributed by atoms with van der Waals surface area (Å²) in [6.45, 7) is 8.00. The van der Waals surface area contributed by atoms with Crippen LogP contribution in [0.15, 0.2) is 60.7 Å². The van der Waals surface area contributed by atoms with Crippen LogP contribution in [-0.4, -0.2) is 105 Å². The summed E-state index contributed by atoms with van der Waals surface area (Å²) in [5.74, 6) is 0. The Morgan fingerprint density at radius 3 is 0.730 bits per heavy atom. The second-order valence-electron chi connectivity index (χ2n) is 8.40. The van der Waals surface area contributed by atoms with E-state index in [1.807, 2.05) is 60.7 Å². The summed E-state index contributed by atoms with van der Waals surface area (Å²) in [6.07, 6.45) is 10.2. The van der Waals surface area contributed by atoms with E-state index in [4.69, 9.17) is 18.9 Å². The predicted octanol–water partition coefficient (Wildman–Crippen LogP) is 7.45. The Morgan fingerprint density at radius 2 is 0.622 bits per heavy atom. The number of ether oxygens (including phenoxy) is 4. The van der Waals surface area contributed by atoms with Crippen molar-refractivity contribution in [2.24, 2.45) is 0 Å². The molecule has 0 saturated carbocycles. The maximum atomic E-state index is 4.94. The van der Waals surface area contributed by atoms with E-state index >= 15 is 0 Å². The first-order valence-electron chi connectivity index (χ1n) is 13.5. The van der Waals surface area contributed by atoms with E-state index in [-0.39, 0.29) is 37.7 Å². The Hall–Kier alpha value is -0.860. The molecule has 0 unspecified atom stereocenters. The van der Waals surface area contributed by atoms with Gasteiger partial charge in [-0.1, -0.05) is 60.7 Å². The van der Waals surface area contributed by atoms with E-state index in [1.54, 1.807) is 14.1 Å². The van der Waals surface area contributed by atoms with Crippen molar-refractivity contribution in [3.05, 3.63) is 71.3 Å². The molecule has 2 aromatic rings. The fraction of sp³-hybridized carbons (Fsp3) is 0.600. The van der Waals surface area contributed by atoms with Crippen LogP contribution in [0.1, 0.15) is 51.4 Å². The van der Waals surface area contributed by atoms with Crippen LogP contribution >= 0.6 is 0 Å². The number of para-hydroxylation sites is 2. The van der Waals surface area contributed by atoms with E-state index < -0.39 is 0 Å². The van der Waals surface area contributed by atoms with Gasteiger partial charge in [0, 0.05) is 52.9 Å². The minimum atomic E-state index is 0. The molecule has 0 amide bonds. The first-order valence-corrected chi connectivity index (χ1v) is 13.5. The maximum Gasteiger partial charge on any atom is 2.00 e. The van der Waals surface area contributed by atoms with Crippen LogP contribution in [0.2, 0.25) is 0 Å². The fourth-order valence-electron chi connectivity index (χ4n) is 3.20. The van der Waals surface area contributed by atoms with E-state index in [1.165, 1.54) is 51.4 Å². The van der Waals surface area contributed by atoms with Crippen molar-refractivity contribution in [3.63, 3.8) is 0 Å². The Labute approximate surface area is 256 Å². The minimum absolute atomic E-state index is 0. The average molecular weight is 541 g/mol. The number of nitrogens with zero attached hydrogens (tertiary/aromatic N) is 2. The van der Waals surface area contributed by atoms with Crippen molar-refractivity contribution in [2.75, 3.05) is 67.0 Å². The maximum absolute atomic E-state index is 4.94. The van der Waals surface area contributed by atoms with Gasteiger partial charge >= 0.3 is 37.7 Å². The van der Waals surface area contributed by atoms with Crippen LogP contribution < -0.4 is 0 Å². The quantitative estimate of drug-likeness (QED) is 0.371. The van der Waals surface area contributed by atoms with Gasteiger partial charge in [0.2, 0.25) is 0 Å². The summed E-state index contributed by atoms with van der Waals surface area (Å²) >= 11 is 0. The molecule has 37 heavy (non-hydrogen) atoms. The molecule has 6 nitrogen and oxygen atoms in total. The van der Waals surface area contributed by atoms with Crippen LogP contribution in [0.3, 0.4) is 0 Å². The molecule has 2 aromatic carbocycles. The van der Waals surface area contributed by atoms with Crippen molar-refractivity contribution in [1.82, 2.24) is 0 Å². The molecule has 7 heteroatoms. The molecular formula is C30H48CaN2O4. The number of hydrogen-bond donors (Lipinski definition) is 0. The number of benzene rings is 2. The van der Waals surface area contributed by atoms with Gasteiger partial charge in [-0.2, -0.15) is 0 Å². The third-order valence-corrected chi connectivity index (χ3v) is 5.34. The Morgan fingerprint density at radius 1 is 0.405 bits per heavy atom. The molecule has 0 radical (unpaired) electrons. The summed E-state index contributed by atoms with van der Waals surface area (Å²) in [7, 11) is 3.57. The molecular weight excluding hydrogens is 492 g/mol. The van der Waals surface area contributed by atoms with Gasteiger partial charge in [-0.3, -0.25) is 0 Å². The van der Waals surface area contributed by atoms with Crippen LogP contribution in [0.5, 0.6) is 0 Å². The van der Waals surface area contributed by atoms with Gasteiger partial charge in [-0.15, -0.1) is 25.5 Å². The Bertz CT molecular complexity index is 554. The van der Waals surface area contributed by atoms with Crippen LogP contribution in [-0.2, 0) is 18.9 Å². The second kappa shape index (κ2) is 29.7. The monoisotopic (exact) mass is 540 g/mol. The third kappa shape index (κ3) is 25.2. The van der Waals surface area contributed by atoms with E-state index in [0.29, 0.717) is 0 Å². The van der Waals surface area contributed by atoms with Gasteiger partial charge < -0.3 is 29.6 Å². The molecule has 0 spiro atoms. The molecule has 6 rings (SSSR count). The summed E-state index contributed by atoms with van der Waals surface area (Å²) in [5, 5.41) is 7.94. The fourth-order valence-corrected chi connectivity index (χ4v) is 3.20. The molecule has 0 atom stereocenters.